The van der Waals surface area contributed by atoms with Crippen molar-refractivity contribution in [2.24, 2.45) is 0 Å². The number of ether oxygens (including phenoxy) is 2. The number of amides is 1. The van der Waals surface area contributed by atoms with Crippen LogP contribution in [0.5, 0.6) is 0 Å². The first kappa shape index (κ1) is 18.9. The van der Waals surface area contributed by atoms with Crippen LogP contribution < -0.4 is 5.32 Å². The summed E-state index contributed by atoms with van der Waals surface area (Å²) in [5, 5.41) is 3.07. The summed E-state index contributed by atoms with van der Waals surface area (Å²) in [5.74, 6) is -0.0459. The fraction of sp³-hybridized carbons (Fsp3) is 0.632. The smallest absolute Gasteiger partial charge is 0.251 e. The minimum atomic E-state index is -0.119. The summed E-state index contributed by atoms with van der Waals surface area (Å²) < 4.78 is 10.9. The Hall–Kier alpha value is -1.43. The number of nitrogens with one attached hydrogen (secondary N) is 1. The number of methoxy groups -OCH3 is 1. The van der Waals surface area contributed by atoms with Crippen LogP contribution in [-0.4, -0.2) is 55.3 Å². The molecule has 0 aromatic heterocycles. The quantitative estimate of drug-likeness (QED) is 0.868. The molecular formula is C19H30N2O3. The Kier molecular flexibility index (Phi) is 6.38. The van der Waals surface area contributed by atoms with Crippen LogP contribution in [0.1, 0.15) is 43.6 Å². The van der Waals surface area contributed by atoms with E-state index in [-0.39, 0.29) is 23.7 Å². The molecule has 2 rings (SSSR count). The molecule has 1 heterocycles. The molecule has 0 spiro atoms. The van der Waals surface area contributed by atoms with Gasteiger partial charge >= 0.3 is 0 Å². The second kappa shape index (κ2) is 8.10. The topological polar surface area (TPSA) is 50.8 Å². The number of carbonyl (C=O) groups excluding carboxylic acids is 1. The second-order valence-electron chi connectivity index (χ2n) is 7.29. The zero-order valence-corrected chi connectivity index (χ0v) is 15.5. The monoisotopic (exact) mass is 334 g/mol. The van der Waals surface area contributed by atoms with Gasteiger partial charge in [-0.15, -0.1) is 0 Å². The van der Waals surface area contributed by atoms with Crippen molar-refractivity contribution in [3.05, 3.63) is 35.4 Å². The van der Waals surface area contributed by atoms with Crippen LogP contribution >= 0.6 is 0 Å². The first-order chi connectivity index (χ1) is 11.3. The molecule has 0 bridgehead atoms. The van der Waals surface area contributed by atoms with E-state index in [1.54, 1.807) is 7.11 Å². The van der Waals surface area contributed by atoms with E-state index in [0.29, 0.717) is 18.7 Å². The van der Waals surface area contributed by atoms with Gasteiger partial charge in [-0.25, -0.2) is 0 Å². The van der Waals surface area contributed by atoms with Gasteiger partial charge in [-0.2, -0.15) is 0 Å². The molecule has 5 heteroatoms. The summed E-state index contributed by atoms with van der Waals surface area (Å²) in [7, 11) is 1.65. The minimum absolute atomic E-state index is 0.0459. The van der Waals surface area contributed by atoms with Gasteiger partial charge in [0.05, 0.1) is 18.8 Å². The molecule has 1 aromatic rings. The van der Waals surface area contributed by atoms with Crippen LogP contribution in [0, 0.1) is 0 Å². The highest BCUT2D eigenvalue weighted by atomic mass is 16.5. The molecule has 0 radical (unpaired) electrons. The lowest BCUT2D eigenvalue weighted by molar-refractivity contribution is -0.0948. The van der Waals surface area contributed by atoms with Crippen molar-refractivity contribution in [1.29, 1.82) is 0 Å². The number of hydrogen-bond donors (Lipinski definition) is 1. The van der Waals surface area contributed by atoms with Gasteiger partial charge in [-0.3, -0.25) is 9.69 Å². The molecule has 24 heavy (non-hydrogen) atoms. The van der Waals surface area contributed by atoms with Crippen LogP contribution in [0.2, 0.25) is 0 Å². The Bertz CT molecular complexity index is 549. The summed E-state index contributed by atoms with van der Waals surface area (Å²) in [6, 6.07) is 7.56. The van der Waals surface area contributed by atoms with Crippen molar-refractivity contribution in [3.63, 3.8) is 0 Å². The van der Waals surface area contributed by atoms with E-state index in [0.717, 1.165) is 18.7 Å². The molecule has 1 fully saturated rings. The molecule has 0 aliphatic carbocycles. The third-order valence-corrected chi connectivity index (χ3v) is 4.46. The standard InChI is InChI=1S/C19H30N2O3/c1-14-10-21(11-15(2)24-14)19(3,4)13-20-18(22)17-8-6-7-16(9-17)12-23-5/h6-9,14-15H,10-13H2,1-5H3,(H,20,22)/t14-,15+. The van der Waals surface area contributed by atoms with Gasteiger partial charge in [0.1, 0.15) is 0 Å². The lowest BCUT2D eigenvalue weighted by atomic mass is 9.99. The molecule has 1 amide bonds. The molecule has 0 saturated carbocycles. The van der Waals surface area contributed by atoms with Crippen LogP contribution in [0.3, 0.4) is 0 Å². The van der Waals surface area contributed by atoms with Crippen LogP contribution in [0.25, 0.3) is 0 Å². The fourth-order valence-corrected chi connectivity index (χ4v) is 3.15. The van der Waals surface area contributed by atoms with Crippen molar-refractivity contribution in [3.8, 4) is 0 Å². The predicted octanol–water partition coefficient (Wildman–Crippen LogP) is 2.45. The molecule has 1 aliphatic rings. The number of rotatable bonds is 6. The lowest BCUT2D eigenvalue weighted by Crippen LogP contribution is -2.58. The van der Waals surface area contributed by atoms with Gasteiger partial charge in [0.25, 0.3) is 5.91 Å². The van der Waals surface area contributed by atoms with E-state index in [9.17, 15) is 4.79 Å². The Balaban J connectivity index is 1.95. The first-order valence-corrected chi connectivity index (χ1v) is 8.58. The van der Waals surface area contributed by atoms with Gasteiger partial charge in [-0.1, -0.05) is 12.1 Å². The largest absolute Gasteiger partial charge is 0.380 e. The average molecular weight is 334 g/mol. The Labute approximate surface area is 145 Å². The number of hydrogen-bond acceptors (Lipinski definition) is 4. The maximum Gasteiger partial charge on any atom is 0.251 e. The van der Waals surface area contributed by atoms with Gasteiger partial charge in [-0.05, 0) is 45.4 Å². The molecule has 1 saturated heterocycles. The highest BCUT2D eigenvalue weighted by Crippen LogP contribution is 2.20. The number of benzene rings is 1. The van der Waals surface area contributed by atoms with E-state index in [1.807, 2.05) is 24.3 Å². The van der Waals surface area contributed by atoms with Gasteiger partial charge in [0.2, 0.25) is 0 Å². The Morgan fingerprint density at radius 3 is 2.62 bits per heavy atom. The maximum absolute atomic E-state index is 12.5. The highest BCUT2D eigenvalue weighted by molar-refractivity contribution is 5.94. The summed E-state index contributed by atoms with van der Waals surface area (Å²) >= 11 is 0. The molecule has 1 N–H and O–H groups in total. The highest BCUT2D eigenvalue weighted by Gasteiger charge is 2.33. The van der Waals surface area contributed by atoms with E-state index in [1.165, 1.54) is 0 Å². The van der Waals surface area contributed by atoms with E-state index in [2.05, 4.69) is 37.9 Å². The van der Waals surface area contributed by atoms with Gasteiger partial charge in [0, 0.05) is 37.8 Å². The molecule has 5 nitrogen and oxygen atoms in total. The van der Waals surface area contributed by atoms with Crippen LogP contribution in [0.4, 0.5) is 0 Å². The number of nitrogens with zero attached hydrogens (tertiary/aromatic N) is 1. The van der Waals surface area contributed by atoms with Gasteiger partial charge in [0.15, 0.2) is 0 Å². The molecule has 1 aliphatic heterocycles. The lowest BCUT2D eigenvalue weighted by Gasteiger charge is -2.45. The van der Waals surface area contributed by atoms with Crippen molar-refractivity contribution >= 4 is 5.91 Å². The number of morpholine rings is 1. The van der Waals surface area contributed by atoms with Crippen LogP contribution in [-0.2, 0) is 16.1 Å². The third kappa shape index (κ3) is 5.03. The van der Waals surface area contributed by atoms with E-state index >= 15 is 0 Å². The summed E-state index contributed by atoms with van der Waals surface area (Å²) in [6.45, 7) is 11.4. The molecule has 0 unspecified atom stereocenters. The average Bonchev–Trinajstić information content (AvgIpc) is 2.52. The Morgan fingerprint density at radius 2 is 2.00 bits per heavy atom. The van der Waals surface area contributed by atoms with Crippen molar-refractivity contribution in [2.45, 2.75) is 52.0 Å². The number of carbonyl (C=O) groups is 1. The second-order valence-corrected chi connectivity index (χ2v) is 7.29. The predicted molar refractivity (Wildman–Crippen MR) is 95.1 cm³/mol. The van der Waals surface area contributed by atoms with Gasteiger partial charge < -0.3 is 14.8 Å². The van der Waals surface area contributed by atoms with E-state index in [4.69, 9.17) is 9.47 Å². The summed E-state index contributed by atoms with van der Waals surface area (Å²) in [4.78, 5) is 14.9. The molecular weight excluding hydrogens is 304 g/mol. The molecule has 134 valence electrons. The SMILES string of the molecule is COCc1cccc(C(=O)NCC(C)(C)N2C[C@@H](C)O[C@@H](C)C2)c1. The van der Waals surface area contributed by atoms with Crippen molar-refractivity contribution < 1.29 is 14.3 Å². The van der Waals surface area contributed by atoms with Crippen molar-refractivity contribution in [1.82, 2.24) is 10.2 Å². The molecule has 2 atom stereocenters. The third-order valence-electron chi connectivity index (χ3n) is 4.46. The minimum Gasteiger partial charge on any atom is -0.380 e. The summed E-state index contributed by atoms with van der Waals surface area (Å²) in [5.41, 5.74) is 1.55. The van der Waals surface area contributed by atoms with Crippen LogP contribution in [0.15, 0.2) is 24.3 Å². The maximum atomic E-state index is 12.5. The van der Waals surface area contributed by atoms with Crippen molar-refractivity contribution in [2.75, 3.05) is 26.7 Å². The normalized spacial score (nSPS) is 22.4. The Morgan fingerprint density at radius 1 is 1.33 bits per heavy atom. The summed E-state index contributed by atoms with van der Waals surface area (Å²) in [6.07, 6.45) is 0.434. The fourth-order valence-electron chi connectivity index (χ4n) is 3.15. The van der Waals surface area contributed by atoms with E-state index < -0.39 is 0 Å². The zero-order chi connectivity index (χ0) is 17.7. The first-order valence-electron chi connectivity index (χ1n) is 8.58. The zero-order valence-electron chi connectivity index (χ0n) is 15.5. The molecule has 1 aromatic carbocycles.